The van der Waals surface area contributed by atoms with Gasteiger partial charge >= 0.3 is 0 Å². The molecule has 0 saturated carbocycles. The largest absolute Gasteiger partial charge is 0.243 e. The summed E-state index contributed by atoms with van der Waals surface area (Å²) in [4.78, 5) is 0.273. The van der Waals surface area contributed by atoms with Gasteiger partial charge in [-0.3, -0.25) is 0 Å². The minimum Gasteiger partial charge on any atom is -0.207 e. The summed E-state index contributed by atoms with van der Waals surface area (Å²) in [7, 11) is -3.49. The molecule has 1 aromatic carbocycles. The lowest BCUT2D eigenvalue weighted by atomic mass is 10.2. The molecule has 1 aromatic rings. The molecule has 0 saturated heterocycles. The number of benzene rings is 1. The number of rotatable bonds is 6. The summed E-state index contributed by atoms with van der Waals surface area (Å²) in [6.45, 7) is 9.09. The van der Waals surface area contributed by atoms with E-state index in [9.17, 15) is 8.42 Å². The minimum absolute atomic E-state index is 0.273. The molecule has 0 aromatic heterocycles. The van der Waals surface area contributed by atoms with E-state index >= 15 is 0 Å². The third-order valence-electron chi connectivity index (χ3n) is 2.67. The molecule has 0 fully saturated rings. The van der Waals surface area contributed by atoms with Crippen molar-refractivity contribution < 1.29 is 8.42 Å². The standard InChI is InChI=1S/C14H21BrClNO2S/c1-10(2)8-17(9-11(3)4)20(18,19)12-5-6-14(16)13(15)7-12/h5-7,10-11H,8-9H2,1-4H3. The van der Waals surface area contributed by atoms with Crippen LogP contribution < -0.4 is 0 Å². The Morgan fingerprint density at radius 3 is 2.05 bits per heavy atom. The highest BCUT2D eigenvalue weighted by Gasteiger charge is 2.26. The Hall–Kier alpha value is -0.100. The predicted octanol–water partition coefficient (Wildman–Crippen LogP) is 4.41. The van der Waals surface area contributed by atoms with Crippen molar-refractivity contribution in [2.45, 2.75) is 32.6 Å². The second-order valence-corrected chi connectivity index (χ2v) is 8.89. The van der Waals surface area contributed by atoms with Crippen LogP contribution in [0.25, 0.3) is 0 Å². The van der Waals surface area contributed by atoms with Crippen molar-refractivity contribution in [3.05, 3.63) is 27.7 Å². The van der Waals surface area contributed by atoms with Crippen LogP contribution in [0.5, 0.6) is 0 Å². The molecular weight excluding hydrogens is 362 g/mol. The second kappa shape index (κ2) is 7.25. The van der Waals surface area contributed by atoms with Crippen LogP contribution in [0, 0.1) is 11.8 Å². The van der Waals surface area contributed by atoms with Gasteiger partial charge in [-0.15, -0.1) is 0 Å². The minimum atomic E-state index is -3.49. The zero-order valence-corrected chi connectivity index (χ0v) is 15.4. The molecule has 0 amide bonds. The number of sulfonamides is 1. The van der Waals surface area contributed by atoms with E-state index in [1.54, 1.807) is 22.5 Å². The number of halogens is 2. The molecule has 1 rings (SSSR count). The maximum atomic E-state index is 12.7. The Balaban J connectivity index is 3.17. The fourth-order valence-electron chi connectivity index (χ4n) is 1.87. The van der Waals surface area contributed by atoms with Gasteiger partial charge in [0.05, 0.1) is 9.92 Å². The number of hydrogen-bond donors (Lipinski definition) is 0. The van der Waals surface area contributed by atoms with Crippen LogP contribution >= 0.6 is 27.5 Å². The Bertz CT molecular complexity index is 548. The zero-order valence-electron chi connectivity index (χ0n) is 12.2. The maximum absolute atomic E-state index is 12.7. The number of nitrogens with zero attached hydrogens (tertiary/aromatic N) is 1. The number of hydrogen-bond acceptors (Lipinski definition) is 2. The normalized spacial score (nSPS) is 12.7. The summed E-state index contributed by atoms with van der Waals surface area (Å²) in [6, 6.07) is 4.71. The Morgan fingerprint density at radius 2 is 1.65 bits per heavy atom. The predicted molar refractivity (Wildman–Crippen MR) is 87.6 cm³/mol. The quantitative estimate of drug-likeness (QED) is 0.731. The first-order valence-corrected chi connectivity index (χ1v) is 9.21. The average Bonchev–Trinajstić information content (AvgIpc) is 2.30. The van der Waals surface area contributed by atoms with Crippen LogP contribution in [0.3, 0.4) is 0 Å². The van der Waals surface area contributed by atoms with Crippen molar-refractivity contribution in [2.75, 3.05) is 13.1 Å². The van der Waals surface area contributed by atoms with Gasteiger partial charge in [0.2, 0.25) is 10.0 Å². The van der Waals surface area contributed by atoms with E-state index in [1.165, 1.54) is 0 Å². The molecule has 0 atom stereocenters. The molecule has 0 aliphatic carbocycles. The van der Waals surface area contributed by atoms with Gasteiger partial charge in [0.1, 0.15) is 0 Å². The first-order valence-electron chi connectivity index (χ1n) is 6.59. The van der Waals surface area contributed by atoms with Crippen LogP contribution in [0.4, 0.5) is 0 Å². The van der Waals surface area contributed by atoms with Crippen LogP contribution in [0.1, 0.15) is 27.7 Å². The van der Waals surface area contributed by atoms with Gasteiger partial charge in [-0.25, -0.2) is 8.42 Å². The molecule has 114 valence electrons. The Morgan fingerprint density at radius 1 is 1.15 bits per heavy atom. The summed E-state index contributed by atoms with van der Waals surface area (Å²) in [5.74, 6) is 0.554. The summed E-state index contributed by atoms with van der Waals surface area (Å²) in [5, 5.41) is 0.503. The molecule has 3 nitrogen and oxygen atoms in total. The monoisotopic (exact) mass is 381 g/mol. The molecule has 0 heterocycles. The Labute approximate surface area is 135 Å². The summed E-state index contributed by atoms with van der Waals surface area (Å²) in [5.41, 5.74) is 0. The zero-order chi connectivity index (χ0) is 15.5. The van der Waals surface area contributed by atoms with Gasteiger partial charge in [-0.05, 0) is 46.0 Å². The summed E-state index contributed by atoms with van der Waals surface area (Å²) < 4.78 is 27.6. The van der Waals surface area contributed by atoms with Crippen LogP contribution in [-0.4, -0.2) is 25.8 Å². The van der Waals surface area contributed by atoms with E-state index < -0.39 is 10.0 Å². The van der Waals surface area contributed by atoms with Crippen molar-refractivity contribution in [3.63, 3.8) is 0 Å². The highest BCUT2D eigenvalue weighted by molar-refractivity contribution is 9.10. The van der Waals surface area contributed by atoms with E-state index in [-0.39, 0.29) is 16.7 Å². The van der Waals surface area contributed by atoms with E-state index in [0.29, 0.717) is 22.6 Å². The van der Waals surface area contributed by atoms with Gasteiger partial charge in [0, 0.05) is 17.6 Å². The molecule has 6 heteroatoms. The molecule has 0 radical (unpaired) electrons. The van der Waals surface area contributed by atoms with Gasteiger partial charge in [0.25, 0.3) is 0 Å². The van der Waals surface area contributed by atoms with Gasteiger partial charge in [0.15, 0.2) is 0 Å². The van der Waals surface area contributed by atoms with Gasteiger partial charge < -0.3 is 0 Å². The second-order valence-electron chi connectivity index (χ2n) is 5.69. The highest BCUT2D eigenvalue weighted by Crippen LogP contribution is 2.27. The maximum Gasteiger partial charge on any atom is 0.243 e. The van der Waals surface area contributed by atoms with Crippen molar-refractivity contribution >= 4 is 37.6 Å². The smallest absolute Gasteiger partial charge is 0.207 e. The molecule has 0 unspecified atom stereocenters. The third-order valence-corrected chi connectivity index (χ3v) is 5.71. The lowest BCUT2D eigenvalue weighted by molar-refractivity contribution is 0.333. The first kappa shape index (κ1) is 18.0. The molecule has 20 heavy (non-hydrogen) atoms. The van der Waals surface area contributed by atoms with Crippen molar-refractivity contribution in [1.82, 2.24) is 4.31 Å². The van der Waals surface area contributed by atoms with Crippen molar-refractivity contribution in [3.8, 4) is 0 Å². The first-order chi connectivity index (χ1) is 9.14. The molecule has 0 aliphatic rings. The van der Waals surface area contributed by atoms with Crippen LogP contribution in [0.15, 0.2) is 27.6 Å². The molecule has 0 aliphatic heterocycles. The van der Waals surface area contributed by atoms with Gasteiger partial charge in [-0.2, -0.15) is 4.31 Å². The highest BCUT2D eigenvalue weighted by atomic mass is 79.9. The fraction of sp³-hybridized carbons (Fsp3) is 0.571. The fourth-order valence-corrected chi connectivity index (χ4v) is 4.31. The van der Waals surface area contributed by atoms with Crippen molar-refractivity contribution in [2.24, 2.45) is 11.8 Å². The molecule has 0 N–H and O–H groups in total. The van der Waals surface area contributed by atoms with E-state index in [0.717, 1.165) is 0 Å². The summed E-state index contributed by atoms with van der Waals surface area (Å²) >= 11 is 9.20. The Kier molecular flexibility index (Phi) is 6.51. The topological polar surface area (TPSA) is 37.4 Å². The van der Waals surface area contributed by atoms with Crippen LogP contribution in [0.2, 0.25) is 5.02 Å². The van der Waals surface area contributed by atoms with E-state index in [2.05, 4.69) is 15.9 Å². The molecular formula is C14H21BrClNO2S. The van der Waals surface area contributed by atoms with E-state index in [1.807, 2.05) is 27.7 Å². The SMILES string of the molecule is CC(C)CN(CC(C)C)S(=O)(=O)c1ccc(Cl)c(Br)c1. The lowest BCUT2D eigenvalue weighted by Crippen LogP contribution is -2.37. The third kappa shape index (κ3) is 4.72. The van der Waals surface area contributed by atoms with E-state index in [4.69, 9.17) is 11.6 Å². The lowest BCUT2D eigenvalue weighted by Gasteiger charge is -2.25. The average molecular weight is 383 g/mol. The van der Waals surface area contributed by atoms with Gasteiger partial charge in [-0.1, -0.05) is 39.3 Å². The molecule has 0 spiro atoms. The van der Waals surface area contributed by atoms with Crippen molar-refractivity contribution in [1.29, 1.82) is 0 Å². The molecule has 0 bridgehead atoms. The van der Waals surface area contributed by atoms with Crippen LogP contribution in [-0.2, 0) is 10.0 Å². The summed E-state index contributed by atoms with van der Waals surface area (Å²) in [6.07, 6.45) is 0.